The molecule has 2 aromatic carbocycles. The molecule has 0 aromatic heterocycles. The van der Waals surface area contributed by atoms with Crippen molar-refractivity contribution < 1.29 is 14.3 Å². The van der Waals surface area contributed by atoms with E-state index in [1.807, 2.05) is 0 Å². The number of ether oxygens (including phenoxy) is 1. The molecule has 0 fully saturated rings. The SMILES string of the molecule is CCOC(=O)C(N=Nc1ccccc1Cl)C(=O)C(Br)c1ccc(Cl)cc1. The maximum Gasteiger partial charge on any atom is 0.340 e. The van der Waals surface area contributed by atoms with Crippen molar-refractivity contribution >= 4 is 56.6 Å². The molecule has 0 aliphatic heterocycles. The van der Waals surface area contributed by atoms with E-state index in [1.165, 1.54) is 0 Å². The third-order valence-electron chi connectivity index (χ3n) is 3.33. The van der Waals surface area contributed by atoms with E-state index in [4.69, 9.17) is 27.9 Å². The summed E-state index contributed by atoms with van der Waals surface area (Å²) in [6.07, 6.45) is 0. The molecule has 2 unspecified atom stereocenters. The summed E-state index contributed by atoms with van der Waals surface area (Å²) in [6.45, 7) is 1.77. The summed E-state index contributed by atoms with van der Waals surface area (Å²) in [6, 6.07) is 12.0. The van der Waals surface area contributed by atoms with Crippen LogP contribution in [0.15, 0.2) is 58.8 Å². The highest BCUT2D eigenvalue weighted by Gasteiger charge is 2.33. The van der Waals surface area contributed by atoms with Crippen molar-refractivity contribution in [1.29, 1.82) is 0 Å². The Bertz CT molecular complexity index is 812. The minimum atomic E-state index is -1.41. The van der Waals surface area contributed by atoms with Crippen LogP contribution in [0.4, 0.5) is 5.69 Å². The van der Waals surface area contributed by atoms with Gasteiger partial charge in [-0.3, -0.25) is 4.79 Å². The van der Waals surface area contributed by atoms with Gasteiger partial charge in [0.2, 0.25) is 6.04 Å². The van der Waals surface area contributed by atoms with Crippen LogP contribution in [0, 0.1) is 0 Å². The molecule has 0 amide bonds. The van der Waals surface area contributed by atoms with Crippen LogP contribution in [-0.4, -0.2) is 24.4 Å². The smallest absolute Gasteiger partial charge is 0.340 e. The van der Waals surface area contributed by atoms with E-state index in [2.05, 4.69) is 26.2 Å². The highest BCUT2D eigenvalue weighted by atomic mass is 79.9. The van der Waals surface area contributed by atoms with Gasteiger partial charge in [0, 0.05) is 5.02 Å². The van der Waals surface area contributed by atoms with Crippen LogP contribution in [0.3, 0.4) is 0 Å². The van der Waals surface area contributed by atoms with E-state index in [9.17, 15) is 9.59 Å². The number of carbonyl (C=O) groups excluding carboxylic acids is 2. The van der Waals surface area contributed by atoms with E-state index in [-0.39, 0.29) is 6.61 Å². The number of hydrogen-bond acceptors (Lipinski definition) is 5. The van der Waals surface area contributed by atoms with Crippen molar-refractivity contribution in [2.75, 3.05) is 6.61 Å². The molecule has 0 heterocycles. The van der Waals surface area contributed by atoms with Gasteiger partial charge in [0.05, 0.1) is 11.6 Å². The minimum absolute atomic E-state index is 0.123. The number of rotatable bonds is 7. The Morgan fingerprint density at radius 1 is 1.12 bits per heavy atom. The van der Waals surface area contributed by atoms with Crippen molar-refractivity contribution in [3.63, 3.8) is 0 Å². The summed E-state index contributed by atoms with van der Waals surface area (Å²) < 4.78 is 4.96. The average Bonchev–Trinajstić information content (AvgIpc) is 2.63. The standard InChI is InChI=1S/C18H15BrCl2N2O3/c1-2-26-18(25)16(23-22-14-6-4-3-5-13(14)21)17(24)15(19)11-7-9-12(20)10-8-11/h3-10,15-16H,2H2,1H3. The molecular formula is C18H15BrCl2N2O3. The Balaban J connectivity index is 2.28. The number of azo groups is 1. The van der Waals surface area contributed by atoms with Gasteiger partial charge in [0.25, 0.3) is 0 Å². The molecule has 0 spiro atoms. The van der Waals surface area contributed by atoms with Gasteiger partial charge in [0.1, 0.15) is 10.5 Å². The Kier molecular flexibility index (Phi) is 7.75. The molecule has 0 N–H and O–H groups in total. The van der Waals surface area contributed by atoms with E-state index >= 15 is 0 Å². The molecule has 0 radical (unpaired) electrons. The lowest BCUT2D eigenvalue weighted by Gasteiger charge is -2.14. The number of Topliss-reactive ketones (excluding diaryl/α,β-unsaturated/α-hetero) is 1. The summed E-state index contributed by atoms with van der Waals surface area (Å²) in [5.41, 5.74) is 0.996. The zero-order chi connectivity index (χ0) is 19.1. The second kappa shape index (κ2) is 9.80. The van der Waals surface area contributed by atoms with E-state index in [0.29, 0.717) is 21.3 Å². The molecule has 136 valence electrons. The van der Waals surface area contributed by atoms with Crippen LogP contribution in [0.25, 0.3) is 0 Å². The molecule has 8 heteroatoms. The molecule has 2 rings (SSSR count). The molecule has 5 nitrogen and oxygen atoms in total. The lowest BCUT2D eigenvalue weighted by molar-refractivity contribution is -0.147. The second-order valence-corrected chi connectivity index (χ2v) is 6.90. The van der Waals surface area contributed by atoms with Gasteiger partial charge in [0.15, 0.2) is 5.78 Å². The highest BCUT2D eigenvalue weighted by Crippen LogP contribution is 2.29. The van der Waals surface area contributed by atoms with Crippen molar-refractivity contribution in [1.82, 2.24) is 0 Å². The van der Waals surface area contributed by atoms with Gasteiger partial charge < -0.3 is 4.74 Å². The quantitative estimate of drug-likeness (QED) is 0.231. The Hall–Kier alpha value is -1.76. The third kappa shape index (κ3) is 5.37. The minimum Gasteiger partial charge on any atom is -0.464 e. The Morgan fingerprint density at radius 2 is 1.77 bits per heavy atom. The first-order valence-electron chi connectivity index (χ1n) is 7.69. The van der Waals surface area contributed by atoms with E-state index in [0.717, 1.165) is 0 Å². The summed E-state index contributed by atoms with van der Waals surface area (Å²) in [5, 5.41) is 8.75. The highest BCUT2D eigenvalue weighted by molar-refractivity contribution is 9.09. The number of esters is 1. The van der Waals surface area contributed by atoms with Gasteiger partial charge in [-0.1, -0.05) is 63.4 Å². The molecule has 0 saturated heterocycles. The van der Waals surface area contributed by atoms with Crippen molar-refractivity contribution in [2.24, 2.45) is 10.2 Å². The normalized spacial score (nSPS) is 13.4. The maximum atomic E-state index is 12.8. The number of benzene rings is 2. The molecule has 0 aliphatic carbocycles. The van der Waals surface area contributed by atoms with Crippen LogP contribution in [-0.2, 0) is 14.3 Å². The molecule has 2 atom stereocenters. The van der Waals surface area contributed by atoms with E-state index in [1.54, 1.807) is 55.5 Å². The summed E-state index contributed by atoms with van der Waals surface area (Å²) in [5.74, 6) is -1.27. The predicted molar refractivity (Wildman–Crippen MR) is 105 cm³/mol. The first-order chi connectivity index (χ1) is 12.4. The molecule has 0 aliphatic rings. The predicted octanol–water partition coefficient (Wildman–Crippen LogP) is 5.71. The fourth-order valence-corrected chi connectivity index (χ4v) is 2.88. The fraction of sp³-hybridized carbons (Fsp3) is 0.222. The van der Waals surface area contributed by atoms with Crippen LogP contribution in [0.1, 0.15) is 17.3 Å². The number of halogens is 3. The van der Waals surface area contributed by atoms with Gasteiger partial charge in [-0.25, -0.2) is 4.79 Å². The topological polar surface area (TPSA) is 68.1 Å². The van der Waals surface area contributed by atoms with Crippen molar-refractivity contribution in [3.8, 4) is 0 Å². The van der Waals surface area contributed by atoms with Crippen LogP contribution in [0.2, 0.25) is 10.0 Å². The van der Waals surface area contributed by atoms with Gasteiger partial charge in [-0.2, -0.15) is 10.2 Å². The molecular weight excluding hydrogens is 443 g/mol. The average molecular weight is 458 g/mol. The fourth-order valence-electron chi connectivity index (χ4n) is 2.03. The largest absolute Gasteiger partial charge is 0.464 e. The summed E-state index contributed by atoms with van der Waals surface area (Å²) >= 11 is 15.2. The Morgan fingerprint density at radius 3 is 2.38 bits per heavy atom. The second-order valence-electron chi connectivity index (χ2n) is 5.14. The lowest BCUT2D eigenvalue weighted by atomic mass is 10.0. The monoisotopic (exact) mass is 456 g/mol. The summed E-state index contributed by atoms with van der Waals surface area (Å²) in [7, 11) is 0. The van der Waals surface area contributed by atoms with Gasteiger partial charge >= 0.3 is 5.97 Å². The third-order valence-corrected chi connectivity index (χ3v) is 4.88. The first kappa shape index (κ1) is 20.6. The van der Waals surface area contributed by atoms with Gasteiger partial charge in [-0.05, 0) is 36.8 Å². The number of hydrogen-bond donors (Lipinski definition) is 0. The van der Waals surface area contributed by atoms with Crippen LogP contribution >= 0.6 is 39.1 Å². The number of nitrogens with zero attached hydrogens (tertiary/aromatic N) is 2. The van der Waals surface area contributed by atoms with Crippen LogP contribution < -0.4 is 0 Å². The molecule has 2 aromatic rings. The zero-order valence-electron chi connectivity index (χ0n) is 13.7. The summed E-state index contributed by atoms with van der Waals surface area (Å²) in [4.78, 5) is 24.2. The maximum absolute atomic E-state index is 12.8. The molecule has 26 heavy (non-hydrogen) atoms. The lowest BCUT2D eigenvalue weighted by Crippen LogP contribution is -2.32. The Labute approximate surface area is 169 Å². The number of alkyl halides is 1. The van der Waals surface area contributed by atoms with Crippen molar-refractivity contribution in [3.05, 3.63) is 64.1 Å². The molecule has 0 saturated carbocycles. The van der Waals surface area contributed by atoms with Crippen molar-refractivity contribution in [2.45, 2.75) is 17.8 Å². The number of ketones is 1. The first-order valence-corrected chi connectivity index (χ1v) is 9.36. The van der Waals surface area contributed by atoms with E-state index < -0.39 is 22.6 Å². The van der Waals surface area contributed by atoms with Crippen LogP contribution in [0.5, 0.6) is 0 Å². The van der Waals surface area contributed by atoms with Gasteiger partial charge in [-0.15, -0.1) is 0 Å². The number of carbonyl (C=O) groups is 2. The molecule has 0 bridgehead atoms. The zero-order valence-corrected chi connectivity index (χ0v) is 16.8.